The summed E-state index contributed by atoms with van der Waals surface area (Å²) in [6, 6.07) is 12.1. The Morgan fingerprint density at radius 3 is 2.82 bits per heavy atom. The third-order valence-electron chi connectivity index (χ3n) is 3.00. The number of hydrogen-bond donors (Lipinski definition) is 2. The van der Waals surface area contributed by atoms with E-state index in [1.165, 1.54) is 0 Å². The number of fused-ring (bicyclic) bond motifs is 3. The molecule has 3 N–H and O–H groups in total. The van der Waals surface area contributed by atoms with Crippen molar-refractivity contribution >= 4 is 27.8 Å². The first-order valence-electron chi connectivity index (χ1n) is 5.55. The molecule has 0 spiro atoms. The quantitative estimate of drug-likeness (QED) is 0.701. The van der Waals surface area contributed by atoms with E-state index < -0.39 is 0 Å². The number of aromatic nitrogens is 2. The molecule has 0 radical (unpaired) electrons. The summed E-state index contributed by atoms with van der Waals surface area (Å²) < 4.78 is 1.84. The lowest BCUT2D eigenvalue weighted by Gasteiger charge is -2.03. The van der Waals surface area contributed by atoms with Gasteiger partial charge in [-0.2, -0.15) is 0 Å². The van der Waals surface area contributed by atoms with E-state index in [9.17, 15) is 0 Å². The minimum absolute atomic E-state index is 0.0580. The maximum absolute atomic E-state index is 9.03. The van der Waals surface area contributed by atoms with Crippen molar-refractivity contribution in [1.82, 2.24) is 9.55 Å². The van der Waals surface area contributed by atoms with Crippen molar-refractivity contribution in [3.8, 4) is 0 Å². The fraction of sp³-hybridized carbons (Fsp3) is 0.154. The summed E-state index contributed by atoms with van der Waals surface area (Å²) in [7, 11) is 0. The lowest BCUT2D eigenvalue weighted by molar-refractivity contribution is 0.278. The fourth-order valence-electron chi connectivity index (χ4n) is 2.21. The summed E-state index contributed by atoms with van der Waals surface area (Å²) in [6.45, 7) is 0.531. The highest BCUT2D eigenvalue weighted by atomic mass is 16.3. The monoisotopic (exact) mass is 227 g/mol. The number of benzene rings is 2. The molecule has 1 aromatic heterocycles. The van der Waals surface area contributed by atoms with Crippen LogP contribution in [0.3, 0.4) is 0 Å². The van der Waals surface area contributed by atoms with Crippen LogP contribution in [0, 0.1) is 0 Å². The molecule has 4 nitrogen and oxygen atoms in total. The smallest absolute Gasteiger partial charge is 0.201 e. The van der Waals surface area contributed by atoms with Gasteiger partial charge in [-0.3, -0.25) is 0 Å². The lowest BCUT2D eigenvalue weighted by atomic mass is 10.1. The van der Waals surface area contributed by atoms with Crippen molar-refractivity contribution in [1.29, 1.82) is 0 Å². The molecule has 3 aromatic rings. The van der Waals surface area contributed by atoms with Crippen LogP contribution >= 0.6 is 0 Å². The second-order valence-electron chi connectivity index (χ2n) is 4.00. The summed E-state index contributed by atoms with van der Waals surface area (Å²) in [5.41, 5.74) is 7.74. The average Bonchev–Trinajstić information content (AvgIpc) is 2.67. The topological polar surface area (TPSA) is 64.1 Å². The first kappa shape index (κ1) is 10.1. The zero-order valence-corrected chi connectivity index (χ0v) is 9.30. The van der Waals surface area contributed by atoms with Crippen molar-refractivity contribution < 1.29 is 5.11 Å². The molecule has 0 aliphatic heterocycles. The highest BCUT2D eigenvalue weighted by Gasteiger charge is 2.09. The van der Waals surface area contributed by atoms with Gasteiger partial charge in [-0.1, -0.05) is 30.3 Å². The second-order valence-corrected chi connectivity index (χ2v) is 4.00. The number of imidazole rings is 1. The Hall–Kier alpha value is -2.07. The van der Waals surface area contributed by atoms with E-state index in [4.69, 9.17) is 10.8 Å². The number of nitrogen functional groups attached to an aromatic ring is 1. The van der Waals surface area contributed by atoms with E-state index in [1.807, 2.05) is 34.9 Å². The molecule has 0 saturated carbocycles. The molecule has 0 fully saturated rings. The van der Waals surface area contributed by atoms with E-state index in [1.54, 1.807) is 0 Å². The molecule has 86 valence electrons. The van der Waals surface area contributed by atoms with Crippen molar-refractivity contribution in [3.63, 3.8) is 0 Å². The van der Waals surface area contributed by atoms with Gasteiger partial charge in [-0.05, 0) is 11.5 Å². The van der Waals surface area contributed by atoms with Crippen LogP contribution in [-0.2, 0) is 6.54 Å². The number of rotatable bonds is 2. The maximum Gasteiger partial charge on any atom is 0.201 e. The molecule has 0 atom stereocenters. The van der Waals surface area contributed by atoms with Crippen LogP contribution < -0.4 is 5.73 Å². The Bertz CT molecular complexity index is 688. The first-order valence-corrected chi connectivity index (χ1v) is 5.55. The number of hydrogen-bond acceptors (Lipinski definition) is 3. The number of aliphatic hydroxyl groups is 1. The molecule has 3 rings (SSSR count). The molecule has 1 heterocycles. The highest BCUT2D eigenvalue weighted by molar-refractivity contribution is 6.04. The van der Waals surface area contributed by atoms with E-state index >= 15 is 0 Å². The number of aliphatic hydroxyl groups excluding tert-OH is 1. The molecule has 2 aromatic carbocycles. The maximum atomic E-state index is 9.03. The van der Waals surface area contributed by atoms with Crippen LogP contribution in [0.4, 0.5) is 5.95 Å². The molecular formula is C13H13N3O. The largest absolute Gasteiger partial charge is 0.395 e. The number of anilines is 1. The predicted molar refractivity (Wildman–Crippen MR) is 68.7 cm³/mol. The van der Waals surface area contributed by atoms with Crippen molar-refractivity contribution in [2.45, 2.75) is 6.54 Å². The van der Waals surface area contributed by atoms with Gasteiger partial charge in [-0.25, -0.2) is 4.98 Å². The third kappa shape index (κ3) is 1.45. The van der Waals surface area contributed by atoms with Gasteiger partial charge in [0.25, 0.3) is 0 Å². The Morgan fingerprint density at radius 1 is 1.18 bits per heavy atom. The van der Waals surface area contributed by atoms with Crippen LogP contribution in [0.15, 0.2) is 36.4 Å². The predicted octanol–water partition coefficient (Wildman–Crippen LogP) is 1.76. The second kappa shape index (κ2) is 3.75. The molecule has 17 heavy (non-hydrogen) atoms. The Kier molecular flexibility index (Phi) is 2.23. The Balaban J connectivity index is 2.40. The minimum Gasteiger partial charge on any atom is -0.395 e. The van der Waals surface area contributed by atoms with Crippen molar-refractivity contribution in [2.75, 3.05) is 12.3 Å². The molecule has 0 aliphatic rings. The third-order valence-corrected chi connectivity index (χ3v) is 3.00. The Morgan fingerprint density at radius 2 is 2.00 bits per heavy atom. The molecule has 0 aliphatic carbocycles. The molecule has 0 amide bonds. The molecular weight excluding hydrogens is 214 g/mol. The van der Waals surface area contributed by atoms with E-state index in [2.05, 4.69) is 11.1 Å². The minimum atomic E-state index is 0.0580. The van der Waals surface area contributed by atoms with Crippen LogP contribution in [-0.4, -0.2) is 21.3 Å². The normalized spacial score (nSPS) is 11.4. The van der Waals surface area contributed by atoms with Crippen LogP contribution in [0.5, 0.6) is 0 Å². The summed E-state index contributed by atoms with van der Waals surface area (Å²) >= 11 is 0. The standard InChI is InChI=1S/C13H13N3O/c14-13-15-12-10-4-2-1-3-9(10)5-6-11(12)16(13)7-8-17/h1-6,17H,7-8H2,(H2,14,15). The van der Waals surface area contributed by atoms with Gasteiger partial charge < -0.3 is 15.4 Å². The molecule has 0 unspecified atom stereocenters. The first-order chi connectivity index (χ1) is 8.31. The molecule has 0 bridgehead atoms. The number of nitrogens with zero attached hydrogens (tertiary/aromatic N) is 2. The lowest BCUT2D eigenvalue weighted by Crippen LogP contribution is -2.05. The average molecular weight is 227 g/mol. The molecule has 0 saturated heterocycles. The van der Waals surface area contributed by atoms with E-state index in [-0.39, 0.29) is 6.61 Å². The fourth-order valence-corrected chi connectivity index (χ4v) is 2.21. The van der Waals surface area contributed by atoms with Gasteiger partial charge in [0.2, 0.25) is 5.95 Å². The van der Waals surface area contributed by atoms with Crippen molar-refractivity contribution in [2.24, 2.45) is 0 Å². The summed E-state index contributed by atoms with van der Waals surface area (Å²) in [4.78, 5) is 4.39. The van der Waals surface area contributed by atoms with Gasteiger partial charge in [-0.15, -0.1) is 0 Å². The summed E-state index contributed by atoms with van der Waals surface area (Å²) in [5, 5.41) is 11.3. The highest BCUT2D eigenvalue weighted by Crippen LogP contribution is 2.26. The van der Waals surface area contributed by atoms with Crippen molar-refractivity contribution in [3.05, 3.63) is 36.4 Å². The van der Waals surface area contributed by atoms with Crippen LogP contribution in [0.1, 0.15) is 0 Å². The summed E-state index contributed by atoms with van der Waals surface area (Å²) in [6.07, 6.45) is 0. The number of nitrogens with two attached hydrogens (primary N) is 1. The van der Waals surface area contributed by atoms with Gasteiger partial charge >= 0.3 is 0 Å². The SMILES string of the molecule is Nc1nc2c3ccccc3ccc2n1CCO. The van der Waals surface area contributed by atoms with Crippen LogP contribution in [0.2, 0.25) is 0 Å². The van der Waals surface area contributed by atoms with Gasteiger partial charge in [0, 0.05) is 11.9 Å². The van der Waals surface area contributed by atoms with Gasteiger partial charge in [0.1, 0.15) is 0 Å². The summed E-state index contributed by atoms with van der Waals surface area (Å²) in [5.74, 6) is 0.449. The van der Waals surface area contributed by atoms with E-state index in [0.29, 0.717) is 12.5 Å². The van der Waals surface area contributed by atoms with Crippen LogP contribution in [0.25, 0.3) is 21.8 Å². The molecule has 4 heteroatoms. The Labute approximate surface area is 98.3 Å². The zero-order chi connectivity index (χ0) is 11.8. The van der Waals surface area contributed by atoms with Gasteiger partial charge in [0.05, 0.1) is 17.6 Å². The van der Waals surface area contributed by atoms with Gasteiger partial charge in [0.15, 0.2) is 0 Å². The zero-order valence-electron chi connectivity index (χ0n) is 9.30. The van der Waals surface area contributed by atoms with E-state index in [0.717, 1.165) is 21.8 Å².